The Hall–Kier alpha value is -2.82. The standard InChI is InChI=1S/C18H18IN3O5/c1-26-14-6-4-3-5-13(14)21-16(23)9-17(24)22-20-10-11-7-12(19)18(25)15(8-11)27-2/h3-8,10,25H,9H2,1-2H3,(H,21,23)(H,22,24). The van der Waals surface area contributed by atoms with E-state index in [0.717, 1.165) is 0 Å². The zero-order valence-corrected chi connectivity index (χ0v) is 16.8. The normalized spacial score (nSPS) is 10.5. The molecule has 0 aliphatic heterocycles. The van der Waals surface area contributed by atoms with Crippen molar-refractivity contribution in [2.75, 3.05) is 19.5 Å². The Morgan fingerprint density at radius 3 is 2.56 bits per heavy atom. The number of rotatable bonds is 7. The Balaban J connectivity index is 1.91. The molecule has 0 aliphatic carbocycles. The van der Waals surface area contributed by atoms with Crippen molar-refractivity contribution >= 4 is 46.3 Å². The average Bonchev–Trinajstić information content (AvgIpc) is 2.64. The lowest BCUT2D eigenvalue weighted by Gasteiger charge is -2.09. The lowest BCUT2D eigenvalue weighted by atomic mass is 10.2. The van der Waals surface area contributed by atoms with Crippen LogP contribution < -0.4 is 20.2 Å². The van der Waals surface area contributed by atoms with Gasteiger partial charge in [0.15, 0.2) is 11.5 Å². The van der Waals surface area contributed by atoms with Gasteiger partial charge in [0, 0.05) is 0 Å². The average molecular weight is 483 g/mol. The molecule has 27 heavy (non-hydrogen) atoms. The molecule has 0 heterocycles. The molecule has 0 fully saturated rings. The van der Waals surface area contributed by atoms with E-state index in [0.29, 0.717) is 26.3 Å². The molecule has 2 amide bonds. The van der Waals surface area contributed by atoms with Gasteiger partial charge in [0.2, 0.25) is 11.8 Å². The third-order valence-electron chi connectivity index (χ3n) is 3.38. The van der Waals surface area contributed by atoms with Gasteiger partial charge >= 0.3 is 0 Å². The van der Waals surface area contributed by atoms with Crippen LogP contribution in [0.5, 0.6) is 17.2 Å². The van der Waals surface area contributed by atoms with Crippen molar-refractivity contribution in [3.05, 3.63) is 45.5 Å². The number of amides is 2. The SMILES string of the molecule is COc1ccccc1NC(=O)CC(=O)NN=Cc1cc(I)c(O)c(OC)c1. The molecule has 9 heteroatoms. The molecule has 2 rings (SSSR count). The summed E-state index contributed by atoms with van der Waals surface area (Å²) < 4.78 is 10.8. The minimum absolute atomic E-state index is 0.0345. The van der Waals surface area contributed by atoms with Gasteiger partial charge in [0.25, 0.3) is 0 Å². The van der Waals surface area contributed by atoms with Gasteiger partial charge in [-0.3, -0.25) is 9.59 Å². The van der Waals surface area contributed by atoms with Gasteiger partial charge in [-0.1, -0.05) is 12.1 Å². The summed E-state index contributed by atoms with van der Waals surface area (Å²) in [6.07, 6.45) is 0.992. The van der Waals surface area contributed by atoms with Crippen LogP contribution in [0, 0.1) is 3.57 Å². The van der Waals surface area contributed by atoms with E-state index >= 15 is 0 Å². The van der Waals surface area contributed by atoms with Crippen LogP contribution in [-0.4, -0.2) is 37.4 Å². The fraction of sp³-hybridized carbons (Fsp3) is 0.167. The third-order valence-corrected chi connectivity index (χ3v) is 4.20. The molecule has 0 bridgehead atoms. The predicted molar refractivity (Wildman–Crippen MR) is 109 cm³/mol. The first-order valence-corrected chi connectivity index (χ1v) is 8.83. The fourth-order valence-electron chi connectivity index (χ4n) is 2.13. The zero-order chi connectivity index (χ0) is 19.8. The Morgan fingerprint density at radius 2 is 1.85 bits per heavy atom. The Kier molecular flexibility index (Phi) is 7.41. The number of methoxy groups -OCH3 is 2. The number of benzene rings is 2. The number of para-hydroxylation sites is 2. The molecular weight excluding hydrogens is 465 g/mol. The van der Waals surface area contributed by atoms with E-state index < -0.39 is 18.2 Å². The van der Waals surface area contributed by atoms with E-state index in [2.05, 4.69) is 15.8 Å². The van der Waals surface area contributed by atoms with Crippen LogP contribution in [-0.2, 0) is 9.59 Å². The zero-order valence-electron chi connectivity index (χ0n) is 14.7. The second-order valence-corrected chi connectivity index (χ2v) is 6.43. The van der Waals surface area contributed by atoms with Gasteiger partial charge in [-0.2, -0.15) is 5.10 Å². The summed E-state index contributed by atoms with van der Waals surface area (Å²) in [5.41, 5.74) is 3.38. The van der Waals surface area contributed by atoms with Gasteiger partial charge in [-0.25, -0.2) is 5.43 Å². The van der Waals surface area contributed by atoms with Crippen LogP contribution in [0.25, 0.3) is 0 Å². The number of carbonyl (C=O) groups is 2. The first-order valence-electron chi connectivity index (χ1n) is 7.76. The summed E-state index contributed by atoms with van der Waals surface area (Å²) in [4.78, 5) is 23.8. The number of phenolic OH excluding ortho intramolecular Hbond substituents is 1. The first kappa shape index (κ1) is 20.5. The van der Waals surface area contributed by atoms with Gasteiger partial charge in [0.05, 0.1) is 29.7 Å². The highest BCUT2D eigenvalue weighted by atomic mass is 127. The minimum atomic E-state index is -0.570. The molecule has 0 saturated carbocycles. The van der Waals surface area contributed by atoms with E-state index in [9.17, 15) is 14.7 Å². The third kappa shape index (κ3) is 5.84. The number of anilines is 1. The van der Waals surface area contributed by atoms with E-state index in [1.807, 2.05) is 22.6 Å². The molecule has 0 aromatic heterocycles. The molecule has 3 N–H and O–H groups in total. The van der Waals surface area contributed by atoms with E-state index in [1.165, 1.54) is 20.4 Å². The van der Waals surface area contributed by atoms with Crippen molar-refractivity contribution in [3.8, 4) is 17.2 Å². The Bertz CT molecular complexity index is 870. The summed E-state index contributed by atoms with van der Waals surface area (Å²) in [6.45, 7) is 0. The van der Waals surface area contributed by atoms with E-state index in [4.69, 9.17) is 9.47 Å². The first-order chi connectivity index (χ1) is 12.9. The molecular formula is C18H18IN3O5. The highest BCUT2D eigenvalue weighted by Gasteiger charge is 2.11. The summed E-state index contributed by atoms with van der Waals surface area (Å²) in [5.74, 6) is -0.231. The number of hydrazone groups is 1. The van der Waals surface area contributed by atoms with Crippen LogP contribution in [0.4, 0.5) is 5.69 Å². The molecule has 142 valence electrons. The monoisotopic (exact) mass is 483 g/mol. The van der Waals surface area contributed by atoms with Crippen LogP contribution >= 0.6 is 22.6 Å². The van der Waals surface area contributed by atoms with Crippen molar-refractivity contribution in [3.63, 3.8) is 0 Å². The number of halogens is 1. The number of nitrogens with zero attached hydrogens (tertiary/aromatic N) is 1. The second kappa shape index (κ2) is 9.76. The predicted octanol–water partition coefficient (Wildman–Crippen LogP) is 2.49. The maximum absolute atomic E-state index is 12.0. The quantitative estimate of drug-likeness (QED) is 0.243. The molecule has 0 unspecified atom stereocenters. The summed E-state index contributed by atoms with van der Waals surface area (Å²) in [7, 11) is 2.93. The van der Waals surface area contributed by atoms with Gasteiger partial charge < -0.3 is 19.9 Å². The smallest absolute Gasteiger partial charge is 0.249 e. The number of nitrogens with one attached hydrogen (secondary N) is 2. The summed E-state index contributed by atoms with van der Waals surface area (Å²) in [5, 5.41) is 16.2. The lowest BCUT2D eigenvalue weighted by Crippen LogP contribution is -2.24. The number of hydrogen-bond acceptors (Lipinski definition) is 6. The number of hydrogen-bond donors (Lipinski definition) is 3. The molecule has 2 aromatic carbocycles. The van der Waals surface area contributed by atoms with Gasteiger partial charge in [0.1, 0.15) is 12.2 Å². The topological polar surface area (TPSA) is 109 Å². The second-order valence-electron chi connectivity index (χ2n) is 5.27. The van der Waals surface area contributed by atoms with Crippen LogP contribution in [0.15, 0.2) is 41.5 Å². The van der Waals surface area contributed by atoms with Crippen molar-refractivity contribution in [2.45, 2.75) is 6.42 Å². The maximum Gasteiger partial charge on any atom is 0.249 e. The Morgan fingerprint density at radius 1 is 1.15 bits per heavy atom. The number of carbonyl (C=O) groups excluding carboxylic acids is 2. The van der Waals surface area contributed by atoms with E-state index in [1.54, 1.807) is 36.4 Å². The van der Waals surface area contributed by atoms with Crippen LogP contribution in [0.1, 0.15) is 12.0 Å². The highest BCUT2D eigenvalue weighted by Crippen LogP contribution is 2.31. The molecule has 0 radical (unpaired) electrons. The molecule has 0 aliphatic rings. The van der Waals surface area contributed by atoms with E-state index in [-0.39, 0.29) is 5.75 Å². The lowest BCUT2D eigenvalue weighted by molar-refractivity contribution is -0.126. The number of ether oxygens (including phenoxy) is 2. The Labute approximate surface area is 169 Å². The molecule has 0 spiro atoms. The van der Waals surface area contributed by atoms with Gasteiger partial charge in [-0.15, -0.1) is 0 Å². The van der Waals surface area contributed by atoms with Crippen molar-refractivity contribution in [1.82, 2.24) is 5.43 Å². The van der Waals surface area contributed by atoms with Crippen molar-refractivity contribution in [2.24, 2.45) is 5.10 Å². The number of phenols is 1. The molecule has 0 saturated heterocycles. The number of aromatic hydroxyl groups is 1. The summed E-state index contributed by atoms with van der Waals surface area (Å²) in [6, 6.07) is 10.1. The molecule has 2 aromatic rings. The van der Waals surface area contributed by atoms with Crippen molar-refractivity contribution in [1.29, 1.82) is 0 Å². The summed E-state index contributed by atoms with van der Waals surface area (Å²) >= 11 is 1.95. The highest BCUT2D eigenvalue weighted by molar-refractivity contribution is 14.1. The van der Waals surface area contributed by atoms with Crippen LogP contribution in [0.2, 0.25) is 0 Å². The van der Waals surface area contributed by atoms with Crippen molar-refractivity contribution < 1.29 is 24.2 Å². The molecule has 0 atom stereocenters. The largest absolute Gasteiger partial charge is 0.504 e. The minimum Gasteiger partial charge on any atom is -0.504 e. The van der Waals surface area contributed by atoms with Gasteiger partial charge in [-0.05, 0) is 52.4 Å². The molecule has 8 nitrogen and oxygen atoms in total. The maximum atomic E-state index is 12.0. The van der Waals surface area contributed by atoms with Crippen LogP contribution in [0.3, 0.4) is 0 Å². The fourth-order valence-corrected chi connectivity index (χ4v) is 2.76.